The molecule has 2 heteroatoms. The van der Waals surface area contributed by atoms with Crippen molar-refractivity contribution < 1.29 is 4.42 Å². The summed E-state index contributed by atoms with van der Waals surface area (Å²) in [5.41, 5.74) is 16.6. The summed E-state index contributed by atoms with van der Waals surface area (Å²) in [4.78, 5) is 2.40. The number of anilines is 3. The van der Waals surface area contributed by atoms with Crippen LogP contribution in [0.25, 0.3) is 77.6 Å². The summed E-state index contributed by atoms with van der Waals surface area (Å²) in [6.07, 6.45) is 0. The summed E-state index contributed by atoms with van der Waals surface area (Å²) in [6.45, 7) is 0. The zero-order chi connectivity index (χ0) is 37.3. The Morgan fingerprint density at radius 1 is 0.286 bits per heavy atom. The average Bonchev–Trinajstić information content (AvgIpc) is 3.67. The van der Waals surface area contributed by atoms with E-state index < -0.39 is 0 Å². The van der Waals surface area contributed by atoms with Crippen molar-refractivity contribution in [1.29, 1.82) is 0 Å². The second-order valence-electron chi connectivity index (χ2n) is 14.1. The molecule has 0 atom stereocenters. The molecular weight excluding hydrogens is 679 g/mol. The first-order chi connectivity index (χ1) is 27.8. The summed E-state index contributed by atoms with van der Waals surface area (Å²) < 4.78 is 6.45. The van der Waals surface area contributed by atoms with Crippen molar-refractivity contribution in [3.05, 3.63) is 224 Å². The van der Waals surface area contributed by atoms with Crippen LogP contribution < -0.4 is 4.90 Å². The third-order valence-electron chi connectivity index (χ3n) is 10.7. The number of furan rings is 1. The maximum absolute atomic E-state index is 6.45. The highest BCUT2D eigenvalue weighted by Crippen LogP contribution is 2.44. The van der Waals surface area contributed by atoms with Crippen molar-refractivity contribution in [2.75, 3.05) is 4.90 Å². The van der Waals surface area contributed by atoms with Gasteiger partial charge in [-0.25, -0.2) is 0 Å². The molecule has 264 valence electrons. The Kier molecular flexibility index (Phi) is 8.55. The van der Waals surface area contributed by atoms with Crippen LogP contribution in [0.15, 0.2) is 229 Å². The fraction of sp³-hybridized carbons (Fsp3) is 0. The molecule has 0 N–H and O–H groups in total. The molecule has 10 rings (SSSR count). The van der Waals surface area contributed by atoms with Gasteiger partial charge in [0.15, 0.2) is 0 Å². The number of hydrogen-bond acceptors (Lipinski definition) is 2. The van der Waals surface area contributed by atoms with Gasteiger partial charge in [-0.1, -0.05) is 182 Å². The molecule has 56 heavy (non-hydrogen) atoms. The molecule has 0 spiro atoms. The van der Waals surface area contributed by atoms with Crippen LogP contribution in [0, 0.1) is 0 Å². The summed E-state index contributed by atoms with van der Waals surface area (Å²) in [5.74, 6) is 0. The van der Waals surface area contributed by atoms with E-state index in [1.54, 1.807) is 0 Å². The van der Waals surface area contributed by atoms with Crippen LogP contribution in [0.2, 0.25) is 0 Å². The van der Waals surface area contributed by atoms with Gasteiger partial charge in [0.1, 0.15) is 11.2 Å². The maximum atomic E-state index is 6.45. The van der Waals surface area contributed by atoms with Gasteiger partial charge >= 0.3 is 0 Å². The van der Waals surface area contributed by atoms with Crippen LogP contribution in [0.1, 0.15) is 0 Å². The number of rotatable bonds is 8. The van der Waals surface area contributed by atoms with Crippen LogP contribution >= 0.6 is 0 Å². The van der Waals surface area contributed by atoms with Crippen molar-refractivity contribution >= 4 is 39.0 Å². The van der Waals surface area contributed by atoms with E-state index in [9.17, 15) is 0 Å². The monoisotopic (exact) mass is 715 g/mol. The molecular formula is C54H37NO. The van der Waals surface area contributed by atoms with E-state index in [0.717, 1.165) is 66.8 Å². The Hall–Kier alpha value is -7.42. The quantitative estimate of drug-likeness (QED) is 0.156. The van der Waals surface area contributed by atoms with Crippen LogP contribution in [0.5, 0.6) is 0 Å². The van der Waals surface area contributed by atoms with E-state index in [1.165, 1.54) is 27.8 Å². The van der Waals surface area contributed by atoms with Gasteiger partial charge in [0.25, 0.3) is 0 Å². The van der Waals surface area contributed by atoms with Gasteiger partial charge in [-0.15, -0.1) is 0 Å². The largest absolute Gasteiger partial charge is 0.455 e. The first-order valence-corrected chi connectivity index (χ1v) is 19.1. The molecule has 0 radical (unpaired) electrons. The van der Waals surface area contributed by atoms with Gasteiger partial charge in [-0.05, 0) is 87.0 Å². The molecule has 0 unspecified atom stereocenters. The lowest BCUT2D eigenvalue weighted by Crippen LogP contribution is -2.11. The lowest BCUT2D eigenvalue weighted by Gasteiger charge is -2.29. The number of fused-ring (bicyclic) bond motifs is 3. The zero-order valence-corrected chi connectivity index (χ0v) is 30.7. The van der Waals surface area contributed by atoms with Crippen molar-refractivity contribution in [2.45, 2.75) is 0 Å². The molecule has 9 aromatic carbocycles. The van der Waals surface area contributed by atoms with E-state index in [0.29, 0.717) is 0 Å². The van der Waals surface area contributed by atoms with Gasteiger partial charge in [0.2, 0.25) is 0 Å². The zero-order valence-electron chi connectivity index (χ0n) is 30.7. The molecule has 0 aliphatic rings. The molecule has 0 saturated carbocycles. The highest BCUT2D eigenvalue weighted by atomic mass is 16.3. The minimum Gasteiger partial charge on any atom is -0.455 e. The van der Waals surface area contributed by atoms with E-state index in [-0.39, 0.29) is 0 Å². The van der Waals surface area contributed by atoms with E-state index in [1.807, 2.05) is 12.1 Å². The predicted octanol–water partition coefficient (Wildman–Crippen LogP) is 15.4. The summed E-state index contributed by atoms with van der Waals surface area (Å²) >= 11 is 0. The summed E-state index contributed by atoms with van der Waals surface area (Å²) in [7, 11) is 0. The molecule has 0 fully saturated rings. The third kappa shape index (κ3) is 6.24. The molecule has 0 aliphatic heterocycles. The third-order valence-corrected chi connectivity index (χ3v) is 10.7. The number of nitrogens with zero attached hydrogens (tertiary/aromatic N) is 1. The van der Waals surface area contributed by atoms with Gasteiger partial charge < -0.3 is 9.32 Å². The van der Waals surface area contributed by atoms with Gasteiger partial charge in [0.05, 0.1) is 5.69 Å². The Bertz CT molecular complexity index is 2930. The maximum Gasteiger partial charge on any atom is 0.143 e. The standard InChI is InChI=1S/C54H37NO/c1-4-14-38(15-5-1)40-26-31-46(32-27-40)55(47-33-28-42(29-34-47)49-23-13-24-51-50-22-10-11-25-53(50)56-54(49)51)52-37-45(30-35-48(52)41-18-8-3-9-19-41)44-21-12-20-43(36-44)39-16-6-2-7-17-39/h1-37H. The lowest BCUT2D eigenvalue weighted by molar-refractivity contribution is 0.670. The highest BCUT2D eigenvalue weighted by molar-refractivity contribution is 6.09. The van der Waals surface area contributed by atoms with Crippen LogP contribution in [0.3, 0.4) is 0 Å². The fourth-order valence-electron chi connectivity index (χ4n) is 7.89. The minimum atomic E-state index is 0.902. The van der Waals surface area contributed by atoms with Crippen molar-refractivity contribution in [2.24, 2.45) is 0 Å². The Morgan fingerprint density at radius 3 is 1.41 bits per heavy atom. The van der Waals surface area contributed by atoms with Gasteiger partial charge in [-0.3, -0.25) is 0 Å². The fourth-order valence-corrected chi connectivity index (χ4v) is 7.89. The Labute approximate surface area is 327 Å². The lowest BCUT2D eigenvalue weighted by atomic mass is 9.94. The van der Waals surface area contributed by atoms with Crippen LogP contribution in [-0.4, -0.2) is 0 Å². The molecule has 1 heterocycles. The summed E-state index contributed by atoms with van der Waals surface area (Å²) in [5, 5.41) is 2.26. The SMILES string of the molecule is c1ccc(-c2ccc(N(c3ccc(-c4cccc5c4oc4ccccc45)cc3)c3cc(-c4cccc(-c5ccccc5)c4)ccc3-c3ccccc3)cc2)cc1. The first kappa shape index (κ1) is 33.2. The Morgan fingerprint density at radius 2 is 0.732 bits per heavy atom. The van der Waals surface area contributed by atoms with Crippen molar-refractivity contribution in [3.8, 4) is 55.6 Å². The normalized spacial score (nSPS) is 11.2. The second kappa shape index (κ2) is 14.4. The number of para-hydroxylation sites is 2. The van der Waals surface area contributed by atoms with Gasteiger partial charge in [-0.2, -0.15) is 0 Å². The smallest absolute Gasteiger partial charge is 0.143 e. The number of benzene rings is 9. The molecule has 10 aromatic rings. The predicted molar refractivity (Wildman–Crippen MR) is 236 cm³/mol. The second-order valence-corrected chi connectivity index (χ2v) is 14.1. The van der Waals surface area contributed by atoms with Crippen LogP contribution in [0.4, 0.5) is 17.1 Å². The highest BCUT2D eigenvalue weighted by Gasteiger charge is 2.20. The van der Waals surface area contributed by atoms with E-state index >= 15 is 0 Å². The molecule has 1 aromatic heterocycles. The minimum absolute atomic E-state index is 0.902. The molecule has 0 aliphatic carbocycles. The molecule has 2 nitrogen and oxygen atoms in total. The Balaban J connectivity index is 1.14. The van der Waals surface area contributed by atoms with Crippen molar-refractivity contribution in [3.63, 3.8) is 0 Å². The van der Waals surface area contributed by atoms with E-state index in [2.05, 4.69) is 217 Å². The van der Waals surface area contributed by atoms with Gasteiger partial charge in [0, 0.05) is 33.3 Å². The first-order valence-electron chi connectivity index (χ1n) is 19.1. The summed E-state index contributed by atoms with van der Waals surface area (Å²) in [6, 6.07) is 80.1. The van der Waals surface area contributed by atoms with Crippen molar-refractivity contribution in [1.82, 2.24) is 0 Å². The topological polar surface area (TPSA) is 16.4 Å². The number of hydrogen-bond donors (Lipinski definition) is 0. The molecule has 0 amide bonds. The van der Waals surface area contributed by atoms with E-state index in [4.69, 9.17) is 4.42 Å². The molecule has 0 saturated heterocycles. The van der Waals surface area contributed by atoms with Crippen LogP contribution in [-0.2, 0) is 0 Å². The average molecular weight is 716 g/mol. The molecule has 0 bridgehead atoms.